The third-order valence-electron chi connectivity index (χ3n) is 7.36. The number of allylic oxidation sites excluding steroid dienone is 3. The van der Waals surface area contributed by atoms with Gasteiger partial charge >= 0.3 is 0 Å². The fraction of sp³-hybridized carbons (Fsp3) is 0.429. The maximum absolute atomic E-state index is 14.4. The second-order valence-electron chi connectivity index (χ2n) is 9.22. The number of phenolic OH excluding ortho intramolecular Hbond substituents is 1. The van der Waals surface area contributed by atoms with Crippen molar-refractivity contribution < 1.29 is 14.6 Å². The molecular formula is C28H33FO2. The van der Waals surface area contributed by atoms with Crippen LogP contribution in [0.1, 0.15) is 69.4 Å². The molecule has 0 aromatic heterocycles. The summed E-state index contributed by atoms with van der Waals surface area (Å²) in [4.78, 5) is 0. The number of rotatable bonds is 8. The van der Waals surface area contributed by atoms with Crippen molar-refractivity contribution in [3.05, 3.63) is 77.6 Å². The summed E-state index contributed by atoms with van der Waals surface area (Å²) < 4.78 is 14.4. The Morgan fingerprint density at radius 1 is 1.13 bits per heavy atom. The van der Waals surface area contributed by atoms with Crippen LogP contribution in [0.2, 0.25) is 0 Å². The predicted molar refractivity (Wildman–Crippen MR) is 125 cm³/mol. The first kappa shape index (κ1) is 21.8. The Kier molecular flexibility index (Phi) is 6.34. The molecule has 0 spiro atoms. The van der Waals surface area contributed by atoms with Crippen molar-refractivity contribution in [1.82, 2.24) is 0 Å². The Morgan fingerprint density at radius 3 is 2.61 bits per heavy atom. The minimum Gasteiger partial charge on any atom is -0.508 e. The molecule has 164 valence electrons. The van der Waals surface area contributed by atoms with Gasteiger partial charge in [-0.15, -0.1) is 0 Å². The number of fused-ring (bicyclic) bond motifs is 1. The first-order valence-corrected chi connectivity index (χ1v) is 11.6. The van der Waals surface area contributed by atoms with Crippen LogP contribution >= 0.6 is 0 Å². The average molecular weight is 421 g/mol. The highest BCUT2D eigenvalue weighted by molar-refractivity contribution is 5.90. The maximum Gasteiger partial charge on any atom is 0.127 e. The molecule has 3 atom stereocenters. The largest absolute Gasteiger partial charge is 0.508 e. The molecule has 3 heteroatoms. The lowest BCUT2D eigenvalue weighted by Gasteiger charge is -2.37. The Balaban J connectivity index is 1.85. The summed E-state index contributed by atoms with van der Waals surface area (Å²) >= 11 is 0. The standard InChI is InChI=1S/C28H33FO2/c1-3-4-5-7-12-21-17-25-26(31)13-14-28(25,19(2)20-10-8-6-9-11-20)27(21)22-15-23(29)18-24(30)16-22/h6,8-11,15-16,18,25-26,30-31H,2-5,7,12-14,17H2,1H3/t25?,26-,28+/m1/s1. The molecule has 31 heavy (non-hydrogen) atoms. The SMILES string of the molecule is C=C(c1ccccc1)[C@@]12CC[C@@H](O)C1CC(CCCCCC)=C2c1cc(O)cc(F)c1. The fourth-order valence-electron chi connectivity index (χ4n) is 5.99. The number of benzene rings is 2. The molecule has 0 radical (unpaired) electrons. The predicted octanol–water partition coefficient (Wildman–Crippen LogP) is 7.13. The summed E-state index contributed by atoms with van der Waals surface area (Å²) in [5.41, 5.74) is 4.75. The van der Waals surface area contributed by atoms with Crippen LogP contribution in [0.25, 0.3) is 11.1 Å². The molecule has 0 amide bonds. The number of aromatic hydroxyl groups is 1. The van der Waals surface area contributed by atoms with Crippen molar-refractivity contribution in [3.63, 3.8) is 0 Å². The van der Waals surface area contributed by atoms with Gasteiger partial charge < -0.3 is 10.2 Å². The van der Waals surface area contributed by atoms with Gasteiger partial charge in [-0.1, -0.05) is 68.7 Å². The highest BCUT2D eigenvalue weighted by atomic mass is 19.1. The van der Waals surface area contributed by atoms with Crippen LogP contribution in [0.15, 0.2) is 60.7 Å². The van der Waals surface area contributed by atoms with Crippen molar-refractivity contribution in [2.75, 3.05) is 0 Å². The Hall–Kier alpha value is -2.39. The lowest BCUT2D eigenvalue weighted by molar-refractivity contribution is 0.120. The summed E-state index contributed by atoms with van der Waals surface area (Å²) in [5, 5.41) is 21.2. The minimum absolute atomic E-state index is 0.0433. The Labute approximate surface area is 185 Å². The summed E-state index contributed by atoms with van der Waals surface area (Å²) in [6.45, 7) is 6.74. The molecule has 2 aliphatic carbocycles. The van der Waals surface area contributed by atoms with Gasteiger partial charge in [0.15, 0.2) is 0 Å². The Bertz CT molecular complexity index is 958. The molecule has 0 heterocycles. The molecule has 2 aliphatic rings. The van der Waals surface area contributed by atoms with E-state index in [9.17, 15) is 14.6 Å². The van der Waals surface area contributed by atoms with E-state index in [0.29, 0.717) is 6.42 Å². The van der Waals surface area contributed by atoms with Crippen molar-refractivity contribution >= 4 is 11.1 Å². The lowest BCUT2D eigenvalue weighted by Crippen LogP contribution is -2.29. The molecule has 2 nitrogen and oxygen atoms in total. The minimum atomic E-state index is -0.435. The van der Waals surface area contributed by atoms with E-state index in [-0.39, 0.29) is 11.7 Å². The van der Waals surface area contributed by atoms with Crippen LogP contribution < -0.4 is 0 Å². The van der Waals surface area contributed by atoms with E-state index in [4.69, 9.17) is 0 Å². The lowest BCUT2D eigenvalue weighted by atomic mass is 9.66. The topological polar surface area (TPSA) is 40.5 Å². The van der Waals surface area contributed by atoms with Gasteiger partial charge in [0, 0.05) is 17.4 Å². The molecule has 0 aliphatic heterocycles. The van der Waals surface area contributed by atoms with E-state index in [1.165, 1.54) is 30.9 Å². The number of hydrogen-bond donors (Lipinski definition) is 2. The summed E-state index contributed by atoms with van der Waals surface area (Å²) in [6.07, 6.45) is 7.50. The van der Waals surface area contributed by atoms with E-state index in [1.54, 1.807) is 6.07 Å². The number of unbranched alkanes of at least 4 members (excludes halogenated alkanes) is 3. The van der Waals surface area contributed by atoms with Gasteiger partial charge in [0.05, 0.1) is 6.10 Å². The van der Waals surface area contributed by atoms with Crippen LogP contribution in [0.3, 0.4) is 0 Å². The summed E-state index contributed by atoms with van der Waals surface area (Å²) in [7, 11) is 0. The number of aliphatic hydroxyl groups excluding tert-OH is 1. The van der Waals surface area contributed by atoms with Crippen molar-refractivity contribution in [2.45, 2.75) is 64.4 Å². The first-order chi connectivity index (χ1) is 15.0. The van der Waals surface area contributed by atoms with Crippen LogP contribution in [-0.4, -0.2) is 16.3 Å². The monoisotopic (exact) mass is 420 g/mol. The highest BCUT2D eigenvalue weighted by Gasteiger charge is 2.56. The summed E-state index contributed by atoms with van der Waals surface area (Å²) in [6, 6.07) is 14.5. The van der Waals surface area contributed by atoms with E-state index in [2.05, 4.69) is 25.6 Å². The second-order valence-corrected chi connectivity index (χ2v) is 9.22. The molecular weight excluding hydrogens is 387 g/mol. The van der Waals surface area contributed by atoms with Crippen LogP contribution in [0.5, 0.6) is 5.75 Å². The van der Waals surface area contributed by atoms with Gasteiger partial charge in [-0.05, 0) is 66.5 Å². The summed E-state index contributed by atoms with van der Waals surface area (Å²) in [5.74, 6) is -0.451. The van der Waals surface area contributed by atoms with Gasteiger partial charge in [0.25, 0.3) is 0 Å². The smallest absolute Gasteiger partial charge is 0.127 e. The van der Waals surface area contributed by atoms with Crippen molar-refractivity contribution in [3.8, 4) is 5.75 Å². The Morgan fingerprint density at radius 2 is 1.90 bits per heavy atom. The zero-order chi connectivity index (χ0) is 22.0. The molecule has 2 aromatic carbocycles. The number of aliphatic hydroxyl groups is 1. The van der Waals surface area contributed by atoms with Crippen molar-refractivity contribution in [2.24, 2.45) is 11.3 Å². The van der Waals surface area contributed by atoms with Gasteiger partial charge in [-0.2, -0.15) is 0 Å². The van der Waals surface area contributed by atoms with E-state index in [1.807, 2.05) is 18.2 Å². The van der Waals surface area contributed by atoms with Gasteiger partial charge in [0.2, 0.25) is 0 Å². The molecule has 1 unspecified atom stereocenters. The molecule has 2 N–H and O–H groups in total. The van der Waals surface area contributed by atoms with Crippen LogP contribution in [-0.2, 0) is 0 Å². The first-order valence-electron chi connectivity index (χ1n) is 11.6. The molecule has 2 aromatic rings. The van der Waals surface area contributed by atoms with Crippen molar-refractivity contribution in [1.29, 1.82) is 0 Å². The van der Waals surface area contributed by atoms with Gasteiger partial charge in [0.1, 0.15) is 11.6 Å². The maximum atomic E-state index is 14.4. The van der Waals surface area contributed by atoms with Crippen LogP contribution in [0.4, 0.5) is 4.39 Å². The van der Waals surface area contributed by atoms with Crippen LogP contribution in [0, 0.1) is 17.2 Å². The zero-order valence-electron chi connectivity index (χ0n) is 18.4. The second kappa shape index (κ2) is 9.00. The van der Waals surface area contributed by atoms with E-state index < -0.39 is 17.3 Å². The fourth-order valence-corrected chi connectivity index (χ4v) is 5.99. The number of hydrogen-bond acceptors (Lipinski definition) is 2. The number of halogens is 1. The average Bonchev–Trinajstić information content (AvgIpc) is 3.25. The molecule has 1 saturated carbocycles. The molecule has 0 saturated heterocycles. The third kappa shape index (κ3) is 3.96. The third-order valence-corrected chi connectivity index (χ3v) is 7.36. The molecule has 0 bridgehead atoms. The molecule has 4 rings (SSSR count). The normalized spacial score (nSPS) is 25.1. The zero-order valence-corrected chi connectivity index (χ0v) is 18.4. The van der Waals surface area contributed by atoms with E-state index in [0.717, 1.165) is 54.0 Å². The quantitative estimate of drug-likeness (QED) is 0.446. The van der Waals surface area contributed by atoms with Gasteiger partial charge in [-0.25, -0.2) is 4.39 Å². The molecule has 1 fully saturated rings. The highest BCUT2D eigenvalue weighted by Crippen LogP contribution is 2.66. The number of phenols is 1. The van der Waals surface area contributed by atoms with Gasteiger partial charge in [-0.3, -0.25) is 0 Å². The van der Waals surface area contributed by atoms with E-state index >= 15 is 0 Å².